The highest BCUT2D eigenvalue weighted by atomic mass is 32.1. The van der Waals surface area contributed by atoms with Gasteiger partial charge in [0, 0.05) is 32.7 Å². The van der Waals surface area contributed by atoms with E-state index < -0.39 is 0 Å². The Balaban J connectivity index is 1.53. The molecular formula is C17H26N2O2S. The van der Waals surface area contributed by atoms with E-state index in [1.54, 1.807) is 11.3 Å². The Bertz CT molecular complexity index is 497. The molecule has 1 amide bonds. The summed E-state index contributed by atoms with van der Waals surface area (Å²) in [5, 5.41) is 2.02. The number of likely N-dealkylation sites (tertiary alicyclic amines) is 1. The highest BCUT2D eigenvalue weighted by Crippen LogP contribution is 2.23. The first-order valence-electron chi connectivity index (χ1n) is 8.37. The number of rotatable bonds is 3. The second kappa shape index (κ2) is 7.57. The largest absolute Gasteiger partial charge is 0.379 e. The van der Waals surface area contributed by atoms with E-state index in [1.165, 1.54) is 13.0 Å². The number of carbonyl (C=O) groups excluding carboxylic acids is 1. The standard InChI is InChI=1S/C17H26N2O2S/c1-14-5-12-22-16(14)17(20)19-6-2-3-15(4-7-19)13-18-8-10-21-11-9-18/h5,12,15H,2-4,6-11,13H2,1H3. The molecular weight excluding hydrogens is 296 g/mol. The van der Waals surface area contributed by atoms with Crippen LogP contribution in [0.4, 0.5) is 0 Å². The Kier molecular flexibility index (Phi) is 5.50. The van der Waals surface area contributed by atoms with E-state index in [0.717, 1.165) is 68.6 Å². The van der Waals surface area contributed by atoms with Crippen molar-refractivity contribution in [3.8, 4) is 0 Å². The van der Waals surface area contributed by atoms with Crippen molar-refractivity contribution in [1.82, 2.24) is 9.80 Å². The second-order valence-corrected chi connectivity index (χ2v) is 7.35. The molecule has 0 spiro atoms. The minimum Gasteiger partial charge on any atom is -0.379 e. The molecule has 122 valence electrons. The van der Waals surface area contributed by atoms with Crippen molar-refractivity contribution in [2.75, 3.05) is 45.9 Å². The Labute approximate surface area is 137 Å². The van der Waals surface area contributed by atoms with Crippen LogP contribution in [-0.4, -0.2) is 61.6 Å². The summed E-state index contributed by atoms with van der Waals surface area (Å²) in [6.07, 6.45) is 3.50. The Hall–Kier alpha value is -0.910. The lowest BCUT2D eigenvalue weighted by atomic mass is 10.00. The fourth-order valence-corrected chi connectivity index (χ4v) is 4.33. The maximum atomic E-state index is 12.6. The molecule has 22 heavy (non-hydrogen) atoms. The number of hydrogen-bond acceptors (Lipinski definition) is 4. The molecule has 3 heterocycles. The quantitative estimate of drug-likeness (QED) is 0.857. The summed E-state index contributed by atoms with van der Waals surface area (Å²) in [6.45, 7) is 8.89. The van der Waals surface area contributed by atoms with Gasteiger partial charge in [0.2, 0.25) is 0 Å². The van der Waals surface area contributed by atoms with E-state index in [9.17, 15) is 4.79 Å². The molecule has 1 aromatic rings. The van der Waals surface area contributed by atoms with Crippen molar-refractivity contribution in [2.24, 2.45) is 5.92 Å². The molecule has 1 aromatic heterocycles. The minimum absolute atomic E-state index is 0.236. The third-order valence-electron chi connectivity index (χ3n) is 4.81. The average molecular weight is 322 g/mol. The average Bonchev–Trinajstić information content (AvgIpc) is 2.82. The maximum Gasteiger partial charge on any atom is 0.264 e. The Morgan fingerprint density at radius 2 is 2.09 bits per heavy atom. The van der Waals surface area contributed by atoms with Gasteiger partial charge < -0.3 is 9.64 Å². The van der Waals surface area contributed by atoms with E-state index in [4.69, 9.17) is 4.74 Å². The molecule has 0 radical (unpaired) electrons. The van der Waals surface area contributed by atoms with Gasteiger partial charge >= 0.3 is 0 Å². The number of nitrogens with zero attached hydrogens (tertiary/aromatic N) is 2. The van der Waals surface area contributed by atoms with Gasteiger partial charge in [0.25, 0.3) is 5.91 Å². The first kappa shape index (κ1) is 16.0. The smallest absolute Gasteiger partial charge is 0.264 e. The molecule has 0 aromatic carbocycles. The lowest BCUT2D eigenvalue weighted by Gasteiger charge is -2.30. The molecule has 2 aliphatic rings. The van der Waals surface area contributed by atoms with Crippen molar-refractivity contribution >= 4 is 17.2 Å². The number of aryl methyl sites for hydroxylation is 1. The minimum atomic E-state index is 0.236. The monoisotopic (exact) mass is 322 g/mol. The molecule has 2 fully saturated rings. The van der Waals surface area contributed by atoms with Gasteiger partial charge in [-0.3, -0.25) is 9.69 Å². The first-order valence-corrected chi connectivity index (χ1v) is 9.25. The molecule has 1 unspecified atom stereocenters. The van der Waals surface area contributed by atoms with Gasteiger partial charge in [0.05, 0.1) is 18.1 Å². The maximum absolute atomic E-state index is 12.6. The van der Waals surface area contributed by atoms with Crippen molar-refractivity contribution in [3.63, 3.8) is 0 Å². The van der Waals surface area contributed by atoms with Crippen LogP contribution in [0.3, 0.4) is 0 Å². The fraction of sp³-hybridized carbons (Fsp3) is 0.706. The van der Waals surface area contributed by atoms with Crippen molar-refractivity contribution in [1.29, 1.82) is 0 Å². The predicted octanol–water partition coefficient (Wildman–Crippen LogP) is 2.63. The molecule has 3 rings (SSSR count). The van der Waals surface area contributed by atoms with Crippen LogP contribution in [0, 0.1) is 12.8 Å². The molecule has 0 saturated carbocycles. The molecule has 0 bridgehead atoms. The highest BCUT2D eigenvalue weighted by Gasteiger charge is 2.24. The molecule has 0 aliphatic carbocycles. The van der Waals surface area contributed by atoms with Crippen molar-refractivity contribution in [2.45, 2.75) is 26.2 Å². The van der Waals surface area contributed by atoms with E-state index in [1.807, 2.05) is 18.4 Å². The normalized spacial score (nSPS) is 24.2. The SMILES string of the molecule is Cc1ccsc1C(=O)N1CCCC(CN2CCOCC2)CC1. The molecule has 1 atom stereocenters. The second-order valence-electron chi connectivity index (χ2n) is 6.43. The zero-order chi connectivity index (χ0) is 15.4. The van der Waals surface area contributed by atoms with E-state index in [0.29, 0.717) is 0 Å². The zero-order valence-corrected chi connectivity index (χ0v) is 14.2. The fourth-order valence-electron chi connectivity index (χ4n) is 3.44. The Morgan fingerprint density at radius 1 is 1.27 bits per heavy atom. The number of amides is 1. The predicted molar refractivity (Wildman–Crippen MR) is 89.6 cm³/mol. The van der Waals surface area contributed by atoms with Gasteiger partial charge in [0.15, 0.2) is 0 Å². The van der Waals surface area contributed by atoms with Crippen LogP contribution in [0.5, 0.6) is 0 Å². The highest BCUT2D eigenvalue weighted by molar-refractivity contribution is 7.12. The number of morpholine rings is 1. The summed E-state index contributed by atoms with van der Waals surface area (Å²) in [6, 6.07) is 2.04. The summed E-state index contributed by atoms with van der Waals surface area (Å²) in [4.78, 5) is 18.2. The first-order chi connectivity index (χ1) is 10.7. The number of ether oxygens (including phenoxy) is 1. The van der Waals surface area contributed by atoms with E-state index in [2.05, 4.69) is 9.80 Å². The lowest BCUT2D eigenvalue weighted by Crippen LogP contribution is -2.39. The molecule has 2 saturated heterocycles. The van der Waals surface area contributed by atoms with Gasteiger partial charge in [-0.15, -0.1) is 11.3 Å². The number of hydrogen-bond donors (Lipinski definition) is 0. The molecule has 4 nitrogen and oxygen atoms in total. The van der Waals surface area contributed by atoms with Gasteiger partial charge in [-0.2, -0.15) is 0 Å². The van der Waals surface area contributed by atoms with Crippen molar-refractivity contribution in [3.05, 3.63) is 21.9 Å². The van der Waals surface area contributed by atoms with Crippen LogP contribution in [-0.2, 0) is 4.74 Å². The van der Waals surface area contributed by atoms with Gasteiger partial charge in [-0.05, 0) is 49.1 Å². The summed E-state index contributed by atoms with van der Waals surface area (Å²) >= 11 is 1.57. The Morgan fingerprint density at radius 3 is 2.82 bits per heavy atom. The summed E-state index contributed by atoms with van der Waals surface area (Å²) < 4.78 is 5.42. The van der Waals surface area contributed by atoms with Crippen LogP contribution in [0.2, 0.25) is 0 Å². The van der Waals surface area contributed by atoms with Crippen LogP contribution in [0.25, 0.3) is 0 Å². The van der Waals surface area contributed by atoms with Crippen LogP contribution >= 0.6 is 11.3 Å². The van der Waals surface area contributed by atoms with E-state index in [-0.39, 0.29) is 5.91 Å². The van der Waals surface area contributed by atoms with Gasteiger partial charge in [0.1, 0.15) is 0 Å². The van der Waals surface area contributed by atoms with Crippen LogP contribution < -0.4 is 0 Å². The lowest BCUT2D eigenvalue weighted by molar-refractivity contribution is 0.0296. The third-order valence-corrected chi connectivity index (χ3v) is 5.82. The van der Waals surface area contributed by atoms with Crippen molar-refractivity contribution < 1.29 is 9.53 Å². The van der Waals surface area contributed by atoms with E-state index >= 15 is 0 Å². The topological polar surface area (TPSA) is 32.8 Å². The number of thiophene rings is 1. The summed E-state index contributed by atoms with van der Waals surface area (Å²) in [5.41, 5.74) is 1.11. The van der Waals surface area contributed by atoms with Crippen LogP contribution in [0.15, 0.2) is 11.4 Å². The van der Waals surface area contributed by atoms with Crippen LogP contribution in [0.1, 0.15) is 34.5 Å². The number of carbonyl (C=O) groups is 1. The molecule has 5 heteroatoms. The molecule has 2 aliphatic heterocycles. The zero-order valence-electron chi connectivity index (χ0n) is 13.4. The molecule has 0 N–H and O–H groups in total. The van der Waals surface area contributed by atoms with Gasteiger partial charge in [-0.1, -0.05) is 0 Å². The summed E-state index contributed by atoms with van der Waals surface area (Å²) in [7, 11) is 0. The third kappa shape index (κ3) is 3.89. The van der Waals surface area contributed by atoms with Gasteiger partial charge in [-0.25, -0.2) is 0 Å². The summed E-state index contributed by atoms with van der Waals surface area (Å²) in [5.74, 6) is 0.958.